The van der Waals surface area contributed by atoms with Crippen molar-refractivity contribution in [3.05, 3.63) is 21.4 Å². The minimum atomic E-state index is 0.348. The lowest BCUT2D eigenvalue weighted by atomic mass is 10.1. The van der Waals surface area contributed by atoms with E-state index < -0.39 is 0 Å². The van der Waals surface area contributed by atoms with Gasteiger partial charge in [-0.25, -0.2) is 0 Å². The summed E-state index contributed by atoms with van der Waals surface area (Å²) in [5.74, 6) is 2.67. The molecule has 2 rings (SSSR count). The second-order valence-electron chi connectivity index (χ2n) is 3.89. The van der Waals surface area contributed by atoms with E-state index in [0.29, 0.717) is 5.78 Å². The number of Topliss-reactive ketones (excluding diaryl/α,β-unsaturated/α-hetero) is 1. The molecule has 1 aliphatic rings. The topological polar surface area (TPSA) is 17.1 Å². The molecule has 1 aromatic heterocycles. The molecule has 0 spiro atoms. The normalized spacial score (nSPS) is 15.0. The Hall–Kier alpha value is -0.280. The summed E-state index contributed by atoms with van der Waals surface area (Å²) in [7, 11) is 0. The highest BCUT2D eigenvalue weighted by molar-refractivity contribution is 7.98. The van der Waals surface area contributed by atoms with Crippen molar-refractivity contribution in [2.24, 2.45) is 0 Å². The maximum absolute atomic E-state index is 11.8. The van der Waals surface area contributed by atoms with E-state index in [2.05, 4.69) is 13.0 Å². The van der Waals surface area contributed by atoms with Gasteiger partial charge in [-0.1, -0.05) is 13.3 Å². The van der Waals surface area contributed by atoms with E-state index in [1.54, 1.807) is 11.3 Å². The molecule has 0 atom stereocenters. The van der Waals surface area contributed by atoms with Crippen LogP contribution < -0.4 is 0 Å². The lowest BCUT2D eigenvalue weighted by Crippen LogP contribution is -1.96. The highest BCUT2D eigenvalue weighted by atomic mass is 32.2. The maximum atomic E-state index is 11.8. The zero-order chi connectivity index (χ0) is 10.7. The smallest absolute Gasteiger partial charge is 0.172 e. The number of fused-ring (bicyclic) bond motifs is 1. The van der Waals surface area contributed by atoms with Gasteiger partial charge in [0.15, 0.2) is 5.78 Å². The Morgan fingerprint density at radius 1 is 1.53 bits per heavy atom. The molecule has 1 nitrogen and oxygen atoms in total. The van der Waals surface area contributed by atoms with Crippen molar-refractivity contribution in [2.75, 3.05) is 5.75 Å². The van der Waals surface area contributed by atoms with E-state index in [4.69, 9.17) is 0 Å². The van der Waals surface area contributed by atoms with E-state index in [9.17, 15) is 4.79 Å². The van der Waals surface area contributed by atoms with Gasteiger partial charge >= 0.3 is 0 Å². The van der Waals surface area contributed by atoms with Crippen molar-refractivity contribution in [1.29, 1.82) is 0 Å². The van der Waals surface area contributed by atoms with Crippen molar-refractivity contribution in [3.63, 3.8) is 0 Å². The van der Waals surface area contributed by atoms with Gasteiger partial charge < -0.3 is 0 Å². The molecule has 1 aliphatic heterocycles. The average molecular weight is 240 g/mol. The van der Waals surface area contributed by atoms with E-state index >= 15 is 0 Å². The highest BCUT2D eigenvalue weighted by Crippen LogP contribution is 2.32. The van der Waals surface area contributed by atoms with Crippen LogP contribution in [-0.4, -0.2) is 11.5 Å². The zero-order valence-electron chi connectivity index (χ0n) is 9.04. The molecule has 0 amide bonds. The van der Waals surface area contributed by atoms with Crippen LogP contribution in [0.5, 0.6) is 0 Å². The summed E-state index contributed by atoms with van der Waals surface area (Å²) in [5.41, 5.74) is 1.41. The number of hydrogen-bond acceptors (Lipinski definition) is 3. The Morgan fingerprint density at radius 2 is 2.40 bits per heavy atom. The molecule has 2 heterocycles. The third-order valence-electron chi connectivity index (χ3n) is 2.66. The number of ketones is 1. The summed E-state index contributed by atoms with van der Waals surface area (Å²) < 4.78 is 0. The summed E-state index contributed by atoms with van der Waals surface area (Å²) in [5, 5.41) is 0. The number of thioether (sulfide) groups is 1. The van der Waals surface area contributed by atoms with Crippen LogP contribution >= 0.6 is 23.1 Å². The number of carbonyl (C=O) groups is 1. The SMILES string of the molecule is CCCCC(=O)c1cc2c(s1)CCSC2. The van der Waals surface area contributed by atoms with Gasteiger partial charge in [0.25, 0.3) is 0 Å². The summed E-state index contributed by atoms with van der Waals surface area (Å²) in [4.78, 5) is 14.3. The molecular formula is C12H16OS2. The second-order valence-corrected chi connectivity index (χ2v) is 6.13. The molecule has 0 fully saturated rings. The first kappa shape index (κ1) is 11.2. The van der Waals surface area contributed by atoms with Crippen molar-refractivity contribution < 1.29 is 4.79 Å². The van der Waals surface area contributed by atoms with Gasteiger partial charge in [-0.3, -0.25) is 4.79 Å². The molecule has 0 saturated heterocycles. The fourth-order valence-corrected chi connectivity index (χ4v) is 4.08. The minimum Gasteiger partial charge on any atom is -0.293 e. The van der Waals surface area contributed by atoms with E-state index in [1.807, 2.05) is 11.8 Å². The second kappa shape index (κ2) is 5.17. The molecule has 0 saturated carbocycles. The van der Waals surface area contributed by atoms with Gasteiger partial charge in [0, 0.05) is 17.1 Å². The molecule has 0 bridgehead atoms. The Labute approximate surface area is 99.3 Å². The monoisotopic (exact) mass is 240 g/mol. The number of aryl methyl sites for hydroxylation is 1. The van der Waals surface area contributed by atoms with Crippen LogP contribution in [0.15, 0.2) is 6.07 Å². The van der Waals surface area contributed by atoms with Gasteiger partial charge in [0.05, 0.1) is 4.88 Å². The summed E-state index contributed by atoms with van der Waals surface area (Å²) in [6.07, 6.45) is 4.01. The summed E-state index contributed by atoms with van der Waals surface area (Å²) in [6.45, 7) is 2.13. The molecule has 0 unspecified atom stereocenters. The van der Waals surface area contributed by atoms with E-state index in [-0.39, 0.29) is 0 Å². The molecule has 0 N–H and O–H groups in total. The predicted molar refractivity (Wildman–Crippen MR) is 68.0 cm³/mol. The van der Waals surface area contributed by atoms with Crippen LogP contribution in [0.4, 0.5) is 0 Å². The number of hydrogen-bond donors (Lipinski definition) is 0. The van der Waals surface area contributed by atoms with Gasteiger partial charge in [0.2, 0.25) is 0 Å². The lowest BCUT2D eigenvalue weighted by Gasteiger charge is -2.08. The highest BCUT2D eigenvalue weighted by Gasteiger charge is 2.16. The molecule has 3 heteroatoms. The zero-order valence-corrected chi connectivity index (χ0v) is 10.7. The maximum Gasteiger partial charge on any atom is 0.172 e. The molecule has 82 valence electrons. The van der Waals surface area contributed by atoms with Gasteiger partial charge in [-0.2, -0.15) is 11.8 Å². The molecule has 1 aromatic rings. The Morgan fingerprint density at radius 3 is 3.13 bits per heavy atom. The Kier molecular flexibility index (Phi) is 3.87. The first-order valence-electron chi connectivity index (χ1n) is 5.53. The average Bonchev–Trinajstić information content (AvgIpc) is 2.69. The van der Waals surface area contributed by atoms with Gasteiger partial charge in [-0.05, 0) is 30.2 Å². The van der Waals surface area contributed by atoms with Crippen molar-refractivity contribution in [3.8, 4) is 0 Å². The summed E-state index contributed by atoms with van der Waals surface area (Å²) >= 11 is 3.71. The third-order valence-corrected chi connectivity index (χ3v) is 4.95. The van der Waals surface area contributed by atoms with E-state index in [1.165, 1.54) is 16.2 Å². The molecule has 15 heavy (non-hydrogen) atoms. The molecule has 0 aromatic carbocycles. The standard InChI is InChI=1S/C12H16OS2/c1-2-3-4-10(13)12-7-9-8-14-6-5-11(9)15-12/h7H,2-6,8H2,1H3. The van der Waals surface area contributed by atoms with Crippen LogP contribution in [0.3, 0.4) is 0 Å². The van der Waals surface area contributed by atoms with Crippen LogP contribution in [0.1, 0.15) is 46.3 Å². The van der Waals surface area contributed by atoms with Gasteiger partial charge in [0.1, 0.15) is 0 Å². The van der Waals surface area contributed by atoms with Crippen LogP contribution in [0.25, 0.3) is 0 Å². The minimum absolute atomic E-state index is 0.348. The molecule has 0 radical (unpaired) electrons. The van der Waals surface area contributed by atoms with Gasteiger partial charge in [-0.15, -0.1) is 11.3 Å². The first-order valence-corrected chi connectivity index (χ1v) is 7.51. The largest absolute Gasteiger partial charge is 0.293 e. The molecular weight excluding hydrogens is 224 g/mol. The van der Waals surface area contributed by atoms with E-state index in [0.717, 1.165) is 36.3 Å². The number of thiophene rings is 1. The van der Waals surface area contributed by atoms with Crippen molar-refractivity contribution in [1.82, 2.24) is 0 Å². The Bertz CT molecular complexity index is 331. The summed E-state index contributed by atoms with van der Waals surface area (Å²) in [6, 6.07) is 2.13. The lowest BCUT2D eigenvalue weighted by molar-refractivity contribution is 0.0983. The number of carbonyl (C=O) groups excluding carboxylic acids is 1. The number of unbranched alkanes of at least 4 members (excludes halogenated alkanes) is 1. The van der Waals surface area contributed by atoms with Crippen molar-refractivity contribution >= 4 is 28.9 Å². The van der Waals surface area contributed by atoms with Crippen LogP contribution in [0.2, 0.25) is 0 Å². The third kappa shape index (κ3) is 2.64. The van der Waals surface area contributed by atoms with Crippen LogP contribution in [0, 0.1) is 0 Å². The quantitative estimate of drug-likeness (QED) is 0.742. The predicted octanol–water partition coefficient (Wildman–Crippen LogP) is 3.91. The van der Waals surface area contributed by atoms with Crippen molar-refractivity contribution in [2.45, 2.75) is 38.4 Å². The Balaban J connectivity index is 2.08. The van der Waals surface area contributed by atoms with Crippen LogP contribution in [-0.2, 0) is 12.2 Å². The first-order chi connectivity index (χ1) is 7.31. The molecule has 0 aliphatic carbocycles. The number of rotatable bonds is 4. The fourth-order valence-electron chi connectivity index (χ4n) is 1.75. The fraction of sp³-hybridized carbons (Fsp3) is 0.583.